The third-order valence-corrected chi connectivity index (χ3v) is 4.51. The van der Waals surface area contributed by atoms with Crippen molar-refractivity contribution in [2.24, 2.45) is 0 Å². The highest BCUT2D eigenvalue weighted by Gasteiger charge is 2.24. The minimum atomic E-state index is -1.70. The Hall–Kier alpha value is -3.10. The zero-order valence-corrected chi connectivity index (χ0v) is 16.2. The van der Waals surface area contributed by atoms with Gasteiger partial charge in [-0.2, -0.15) is 0 Å². The highest BCUT2D eigenvalue weighted by Crippen LogP contribution is 2.33. The number of carbonyl (C=O) groups excluding carboxylic acids is 1. The number of hydrogen-bond acceptors (Lipinski definition) is 7. The number of aliphatic hydroxyl groups is 1. The number of β-amino-alcohol motifs (C(OH)–C–C–N with tert-alkyl or cyclic N) is 1. The molecule has 1 heterocycles. The van der Waals surface area contributed by atoms with E-state index in [9.17, 15) is 14.7 Å². The minimum Gasteiger partial charge on any atom is -0.473 e. The lowest BCUT2D eigenvalue weighted by atomic mass is 9.94. The van der Waals surface area contributed by atoms with Crippen molar-refractivity contribution in [2.45, 2.75) is 31.9 Å². The summed E-state index contributed by atoms with van der Waals surface area (Å²) in [5.41, 5.74) is 1.02. The van der Waals surface area contributed by atoms with E-state index >= 15 is 0 Å². The molecule has 0 saturated heterocycles. The molecule has 1 atom stereocenters. The molecule has 0 radical (unpaired) electrons. The standard InChI is InChI=1S/C21H23NO7/c1-21(2,10-13-7-8-17-18(9-13)28-12-27-17)22-11-15(23)14-5-3-4-6-16(14)29-20(26)19(24)25/h3-9,15,22-23H,10-12H2,1-2H3,(H,24,25). The van der Waals surface area contributed by atoms with Crippen molar-refractivity contribution in [3.63, 3.8) is 0 Å². The highest BCUT2D eigenvalue weighted by molar-refractivity contribution is 6.29. The van der Waals surface area contributed by atoms with E-state index in [1.54, 1.807) is 18.2 Å². The summed E-state index contributed by atoms with van der Waals surface area (Å²) < 4.78 is 15.6. The van der Waals surface area contributed by atoms with Crippen molar-refractivity contribution in [3.05, 3.63) is 53.6 Å². The summed E-state index contributed by atoms with van der Waals surface area (Å²) >= 11 is 0. The average molecular weight is 401 g/mol. The molecule has 1 aliphatic rings. The van der Waals surface area contributed by atoms with Crippen LogP contribution in [0.3, 0.4) is 0 Å². The summed E-state index contributed by atoms with van der Waals surface area (Å²) in [6.45, 7) is 4.40. The van der Waals surface area contributed by atoms with Gasteiger partial charge < -0.3 is 29.7 Å². The van der Waals surface area contributed by atoms with Crippen molar-refractivity contribution >= 4 is 11.9 Å². The normalized spacial score (nSPS) is 13.8. The van der Waals surface area contributed by atoms with Gasteiger partial charge in [0.1, 0.15) is 5.75 Å². The van der Waals surface area contributed by atoms with Gasteiger partial charge in [-0.05, 0) is 44.0 Å². The number of para-hydroxylation sites is 1. The van der Waals surface area contributed by atoms with Crippen LogP contribution in [0.1, 0.15) is 31.1 Å². The molecule has 0 bridgehead atoms. The second kappa shape index (κ2) is 8.50. The molecule has 0 amide bonds. The molecule has 1 unspecified atom stereocenters. The largest absolute Gasteiger partial charge is 0.473 e. The van der Waals surface area contributed by atoms with E-state index in [0.717, 1.165) is 11.3 Å². The Morgan fingerprint density at radius 2 is 1.90 bits per heavy atom. The molecule has 0 saturated carbocycles. The predicted molar refractivity (Wildman–Crippen MR) is 103 cm³/mol. The summed E-state index contributed by atoms with van der Waals surface area (Å²) in [6.07, 6.45) is -0.324. The van der Waals surface area contributed by atoms with Crippen LogP contribution in [0.2, 0.25) is 0 Å². The number of fused-ring (bicyclic) bond motifs is 1. The van der Waals surface area contributed by atoms with Crippen molar-refractivity contribution < 1.29 is 34.0 Å². The van der Waals surface area contributed by atoms with E-state index in [1.807, 2.05) is 32.0 Å². The van der Waals surface area contributed by atoms with Gasteiger partial charge in [0.2, 0.25) is 6.79 Å². The molecule has 2 aromatic carbocycles. The van der Waals surface area contributed by atoms with Crippen LogP contribution in [-0.4, -0.2) is 41.0 Å². The van der Waals surface area contributed by atoms with E-state index in [4.69, 9.17) is 19.3 Å². The topological polar surface area (TPSA) is 114 Å². The summed E-state index contributed by atoms with van der Waals surface area (Å²) in [5, 5.41) is 22.6. The first-order valence-corrected chi connectivity index (χ1v) is 9.11. The summed E-state index contributed by atoms with van der Waals surface area (Å²) in [4.78, 5) is 22.1. The number of aliphatic carboxylic acids is 1. The molecule has 3 rings (SSSR count). The Morgan fingerprint density at radius 1 is 1.17 bits per heavy atom. The van der Waals surface area contributed by atoms with Gasteiger partial charge in [0.25, 0.3) is 0 Å². The van der Waals surface area contributed by atoms with Crippen molar-refractivity contribution in [1.29, 1.82) is 0 Å². The molecular weight excluding hydrogens is 378 g/mol. The molecule has 0 spiro atoms. The van der Waals surface area contributed by atoms with Crippen LogP contribution >= 0.6 is 0 Å². The second-order valence-electron chi connectivity index (χ2n) is 7.38. The predicted octanol–water partition coefficient (Wildman–Crippen LogP) is 2.05. The molecule has 1 aliphatic heterocycles. The molecule has 0 fully saturated rings. The Morgan fingerprint density at radius 3 is 2.66 bits per heavy atom. The lowest BCUT2D eigenvalue weighted by Crippen LogP contribution is -2.43. The van der Waals surface area contributed by atoms with Crippen LogP contribution in [0.15, 0.2) is 42.5 Å². The number of benzene rings is 2. The van der Waals surface area contributed by atoms with E-state index in [-0.39, 0.29) is 24.6 Å². The van der Waals surface area contributed by atoms with Crippen LogP contribution in [0.5, 0.6) is 17.2 Å². The number of aliphatic hydroxyl groups excluding tert-OH is 1. The number of nitrogens with one attached hydrogen (secondary N) is 1. The van der Waals surface area contributed by atoms with Gasteiger partial charge in [-0.25, -0.2) is 9.59 Å². The lowest BCUT2D eigenvalue weighted by molar-refractivity contribution is -0.158. The highest BCUT2D eigenvalue weighted by atomic mass is 16.7. The molecule has 8 heteroatoms. The SMILES string of the molecule is CC(C)(Cc1ccc2c(c1)OCO2)NCC(O)c1ccccc1OC(=O)C(=O)O. The molecule has 3 N–H and O–H groups in total. The van der Waals surface area contributed by atoms with E-state index < -0.39 is 18.0 Å². The van der Waals surface area contributed by atoms with Gasteiger partial charge >= 0.3 is 11.9 Å². The maximum absolute atomic E-state index is 11.3. The Bertz CT molecular complexity index is 910. The fourth-order valence-corrected chi connectivity index (χ4v) is 3.10. The molecule has 2 aromatic rings. The maximum atomic E-state index is 11.3. The molecular formula is C21H23NO7. The van der Waals surface area contributed by atoms with Gasteiger partial charge in [0.05, 0.1) is 6.10 Å². The first kappa shape index (κ1) is 20.6. The lowest BCUT2D eigenvalue weighted by Gasteiger charge is -2.28. The number of rotatable bonds is 7. The van der Waals surface area contributed by atoms with Gasteiger partial charge in [0.15, 0.2) is 11.5 Å². The number of carboxylic acid groups (broad SMARTS) is 1. The first-order chi connectivity index (χ1) is 13.7. The minimum absolute atomic E-state index is 0.0165. The van der Waals surface area contributed by atoms with Gasteiger partial charge in [-0.3, -0.25) is 0 Å². The maximum Gasteiger partial charge on any atom is 0.422 e. The first-order valence-electron chi connectivity index (χ1n) is 9.11. The molecule has 8 nitrogen and oxygen atoms in total. The second-order valence-corrected chi connectivity index (χ2v) is 7.38. The van der Waals surface area contributed by atoms with Gasteiger partial charge in [-0.15, -0.1) is 0 Å². The smallest absolute Gasteiger partial charge is 0.422 e. The van der Waals surface area contributed by atoms with Crippen molar-refractivity contribution in [2.75, 3.05) is 13.3 Å². The summed E-state index contributed by atoms with van der Waals surface area (Å²) in [7, 11) is 0. The number of carbonyl (C=O) groups is 2. The Labute approximate surface area is 168 Å². The summed E-state index contributed by atoms with van der Waals surface area (Å²) in [6, 6.07) is 12.1. The molecule has 0 aromatic heterocycles. The Balaban J connectivity index is 1.63. The average Bonchev–Trinajstić information content (AvgIpc) is 3.14. The van der Waals surface area contributed by atoms with Crippen LogP contribution in [0, 0.1) is 0 Å². The van der Waals surface area contributed by atoms with Gasteiger partial charge in [0, 0.05) is 17.6 Å². The molecule has 154 valence electrons. The van der Waals surface area contributed by atoms with Crippen LogP contribution in [0.4, 0.5) is 0 Å². The number of carboxylic acids is 1. The number of hydrogen-bond donors (Lipinski definition) is 3. The van der Waals surface area contributed by atoms with E-state index in [0.29, 0.717) is 17.7 Å². The van der Waals surface area contributed by atoms with E-state index in [1.165, 1.54) is 6.07 Å². The molecule has 29 heavy (non-hydrogen) atoms. The third kappa shape index (κ3) is 5.24. The van der Waals surface area contributed by atoms with E-state index in [2.05, 4.69) is 5.32 Å². The van der Waals surface area contributed by atoms with Crippen LogP contribution in [-0.2, 0) is 16.0 Å². The van der Waals surface area contributed by atoms with Crippen LogP contribution in [0.25, 0.3) is 0 Å². The number of ether oxygens (including phenoxy) is 3. The Kier molecular flexibility index (Phi) is 6.05. The van der Waals surface area contributed by atoms with Crippen molar-refractivity contribution in [3.8, 4) is 17.2 Å². The fourth-order valence-electron chi connectivity index (χ4n) is 3.10. The zero-order chi connectivity index (χ0) is 21.0. The van der Waals surface area contributed by atoms with Crippen molar-refractivity contribution in [1.82, 2.24) is 5.32 Å². The zero-order valence-electron chi connectivity index (χ0n) is 16.2. The monoisotopic (exact) mass is 401 g/mol. The summed E-state index contributed by atoms with van der Waals surface area (Å²) in [5.74, 6) is -1.64. The quantitative estimate of drug-likeness (QED) is 0.367. The fraction of sp³-hybridized carbons (Fsp3) is 0.333. The third-order valence-electron chi connectivity index (χ3n) is 4.51. The molecule has 0 aliphatic carbocycles. The van der Waals surface area contributed by atoms with Crippen LogP contribution < -0.4 is 19.5 Å². The number of esters is 1. The van der Waals surface area contributed by atoms with Gasteiger partial charge in [-0.1, -0.05) is 24.3 Å².